The molecule has 25 heavy (non-hydrogen) atoms. The number of carbonyl (C=O) groups excluding carboxylic acids is 2. The van der Waals surface area contributed by atoms with Crippen molar-refractivity contribution in [1.82, 2.24) is 5.32 Å². The first kappa shape index (κ1) is 17.5. The summed E-state index contributed by atoms with van der Waals surface area (Å²) in [5.41, 5.74) is 0.566. The summed E-state index contributed by atoms with van der Waals surface area (Å²) in [6.45, 7) is 0. The first-order valence-electron chi connectivity index (χ1n) is 9.05. The van der Waals surface area contributed by atoms with Crippen molar-refractivity contribution in [3.05, 3.63) is 48.0 Å². The van der Waals surface area contributed by atoms with Gasteiger partial charge in [0.1, 0.15) is 6.04 Å². The van der Waals surface area contributed by atoms with E-state index in [-0.39, 0.29) is 11.9 Å². The highest BCUT2D eigenvalue weighted by atomic mass is 16.5. The Morgan fingerprint density at radius 3 is 2.52 bits per heavy atom. The lowest BCUT2D eigenvalue weighted by Gasteiger charge is -2.25. The Bertz CT molecular complexity index is 750. The van der Waals surface area contributed by atoms with Crippen LogP contribution in [-0.2, 0) is 9.53 Å². The van der Waals surface area contributed by atoms with Gasteiger partial charge in [0.2, 0.25) is 0 Å². The van der Waals surface area contributed by atoms with Crippen LogP contribution in [-0.4, -0.2) is 25.0 Å². The lowest BCUT2D eigenvalue weighted by Crippen LogP contribution is -2.43. The van der Waals surface area contributed by atoms with Crippen LogP contribution in [0.3, 0.4) is 0 Å². The van der Waals surface area contributed by atoms with Gasteiger partial charge >= 0.3 is 5.97 Å². The summed E-state index contributed by atoms with van der Waals surface area (Å²) < 4.78 is 4.91. The smallest absolute Gasteiger partial charge is 0.328 e. The average molecular weight is 339 g/mol. The molecular weight excluding hydrogens is 314 g/mol. The zero-order valence-electron chi connectivity index (χ0n) is 14.7. The molecule has 3 rings (SSSR count). The van der Waals surface area contributed by atoms with E-state index in [1.807, 2.05) is 36.4 Å². The minimum Gasteiger partial charge on any atom is -0.467 e. The van der Waals surface area contributed by atoms with Crippen molar-refractivity contribution in [3.8, 4) is 0 Å². The van der Waals surface area contributed by atoms with Crippen LogP contribution in [0.25, 0.3) is 10.8 Å². The SMILES string of the molecule is COC(=O)C(CC1CCCCC1)NC(=O)c1ccc2ccccc2c1. The number of carbonyl (C=O) groups is 2. The van der Waals surface area contributed by atoms with Crippen molar-refractivity contribution in [2.45, 2.75) is 44.6 Å². The number of fused-ring (bicyclic) bond motifs is 1. The highest BCUT2D eigenvalue weighted by Gasteiger charge is 2.26. The van der Waals surface area contributed by atoms with Gasteiger partial charge in [0.05, 0.1) is 7.11 Å². The second kappa shape index (κ2) is 8.15. The van der Waals surface area contributed by atoms with Crippen molar-refractivity contribution in [3.63, 3.8) is 0 Å². The maximum atomic E-state index is 12.6. The lowest BCUT2D eigenvalue weighted by molar-refractivity contribution is -0.143. The molecule has 1 aliphatic rings. The zero-order valence-corrected chi connectivity index (χ0v) is 14.7. The normalized spacial score (nSPS) is 16.4. The summed E-state index contributed by atoms with van der Waals surface area (Å²) in [6.07, 6.45) is 6.59. The van der Waals surface area contributed by atoms with Crippen LogP contribution in [0.1, 0.15) is 48.9 Å². The van der Waals surface area contributed by atoms with Gasteiger partial charge < -0.3 is 10.1 Å². The van der Waals surface area contributed by atoms with Crippen LogP contribution in [0.2, 0.25) is 0 Å². The topological polar surface area (TPSA) is 55.4 Å². The number of benzene rings is 2. The molecule has 1 aliphatic carbocycles. The molecule has 1 amide bonds. The second-order valence-corrected chi connectivity index (χ2v) is 6.85. The molecule has 2 aromatic carbocycles. The minimum absolute atomic E-state index is 0.225. The van der Waals surface area contributed by atoms with Crippen molar-refractivity contribution in [2.24, 2.45) is 5.92 Å². The van der Waals surface area contributed by atoms with Crippen LogP contribution < -0.4 is 5.32 Å². The average Bonchev–Trinajstić information content (AvgIpc) is 2.67. The number of ether oxygens (including phenoxy) is 1. The summed E-state index contributed by atoms with van der Waals surface area (Å²) in [4.78, 5) is 24.8. The summed E-state index contributed by atoms with van der Waals surface area (Å²) >= 11 is 0. The molecule has 1 unspecified atom stereocenters. The molecular formula is C21H25NO3. The van der Waals surface area contributed by atoms with Crippen LogP contribution in [0.15, 0.2) is 42.5 Å². The Kier molecular flexibility index (Phi) is 5.69. The second-order valence-electron chi connectivity index (χ2n) is 6.85. The molecule has 2 aromatic rings. The third kappa shape index (κ3) is 4.38. The molecule has 0 bridgehead atoms. The Labute approximate surface area is 148 Å². The van der Waals surface area contributed by atoms with Crippen molar-refractivity contribution < 1.29 is 14.3 Å². The summed E-state index contributed by atoms with van der Waals surface area (Å²) in [6, 6.07) is 12.9. The van der Waals surface area contributed by atoms with Gasteiger partial charge in [-0.15, -0.1) is 0 Å². The maximum Gasteiger partial charge on any atom is 0.328 e. The number of hydrogen-bond donors (Lipinski definition) is 1. The van der Waals surface area contributed by atoms with E-state index < -0.39 is 6.04 Å². The standard InChI is InChI=1S/C21H25NO3/c1-25-21(24)19(13-15-7-3-2-4-8-15)22-20(23)18-12-11-16-9-5-6-10-17(16)14-18/h5-6,9-12,14-15,19H,2-4,7-8,13H2,1H3,(H,22,23). The highest BCUT2D eigenvalue weighted by molar-refractivity contribution is 6.00. The predicted octanol–water partition coefficient (Wildman–Crippen LogP) is 4.08. The van der Waals surface area contributed by atoms with Gasteiger partial charge in [-0.3, -0.25) is 4.79 Å². The van der Waals surface area contributed by atoms with Gasteiger partial charge in [-0.25, -0.2) is 4.79 Å². The predicted molar refractivity (Wildman–Crippen MR) is 98.4 cm³/mol. The highest BCUT2D eigenvalue weighted by Crippen LogP contribution is 2.27. The quantitative estimate of drug-likeness (QED) is 0.835. The largest absolute Gasteiger partial charge is 0.467 e. The van der Waals surface area contributed by atoms with E-state index in [4.69, 9.17) is 4.74 Å². The maximum absolute atomic E-state index is 12.6. The van der Waals surface area contributed by atoms with E-state index in [1.165, 1.54) is 26.4 Å². The number of amides is 1. The fourth-order valence-corrected chi connectivity index (χ4v) is 3.68. The van der Waals surface area contributed by atoms with E-state index in [2.05, 4.69) is 5.32 Å². The Balaban J connectivity index is 1.72. The molecule has 0 spiro atoms. The summed E-state index contributed by atoms with van der Waals surface area (Å²) in [7, 11) is 1.37. The first-order chi connectivity index (χ1) is 12.2. The van der Waals surface area contributed by atoms with Crippen molar-refractivity contribution >= 4 is 22.6 Å². The van der Waals surface area contributed by atoms with E-state index in [1.54, 1.807) is 6.07 Å². The Morgan fingerprint density at radius 1 is 1.08 bits per heavy atom. The van der Waals surface area contributed by atoms with Gasteiger partial charge in [0.15, 0.2) is 0 Å². The Hall–Kier alpha value is -2.36. The fraction of sp³-hybridized carbons (Fsp3) is 0.429. The lowest BCUT2D eigenvalue weighted by atomic mass is 9.84. The molecule has 1 N–H and O–H groups in total. The van der Waals surface area contributed by atoms with Crippen LogP contribution in [0.5, 0.6) is 0 Å². The molecule has 1 fully saturated rings. The molecule has 4 heteroatoms. The first-order valence-corrected chi connectivity index (χ1v) is 9.05. The minimum atomic E-state index is -0.577. The fourth-order valence-electron chi connectivity index (χ4n) is 3.68. The molecule has 0 aliphatic heterocycles. The Morgan fingerprint density at radius 2 is 1.80 bits per heavy atom. The van der Waals surface area contributed by atoms with Gasteiger partial charge in [-0.2, -0.15) is 0 Å². The molecule has 0 heterocycles. The van der Waals surface area contributed by atoms with E-state index in [0.29, 0.717) is 17.9 Å². The molecule has 0 saturated heterocycles. The molecule has 0 aromatic heterocycles. The van der Waals surface area contributed by atoms with Gasteiger partial charge in [-0.1, -0.05) is 62.4 Å². The molecule has 1 atom stereocenters. The van der Waals surface area contributed by atoms with Crippen molar-refractivity contribution in [1.29, 1.82) is 0 Å². The van der Waals surface area contributed by atoms with Crippen LogP contribution >= 0.6 is 0 Å². The van der Waals surface area contributed by atoms with Crippen LogP contribution in [0, 0.1) is 5.92 Å². The van der Waals surface area contributed by atoms with E-state index in [9.17, 15) is 9.59 Å². The van der Waals surface area contributed by atoms with Crippen molar-refractivity contribution in [2.75, 3.05) is 7.11 Å². The monoisotopic (exact) mass is 339 g/mol. The third-order valence-electron chi connectivity index (χ3n) is 5.10. The molecule has 132 valence electrons. The molecule has 4 nitrogen and oxygen atoms in total. The molecule has 0 radical (unpaired) electrons. The van der Waals surface area contributed by atoms with Gasteiger partial charge in [0, 0.05) is 5.56 Å². The van der Waals surface area contributed by atoms with Gasteiger partial charge in [-0.05, 0) is 35.2 Å². The van der Waals surface area contributed by atoms with E-state index >= 15 is 0 Å². The zero-order chi connectivity index (χ0) is 17.6. The van der Waals surface area contributed by atoms with Crippen LogP contribution in [0.4, 0.5) is 0 Å². The summed E-state index contributed by atoms with van der Waals surface area (Å²) in [5, 5.41) is 4.98. The number of nitrogens with one attached hydrogen (secondary N) is 1. The molecule has 1 saturated carbocycles. The third-order valence-corrected chi connectivity index (χ3v) is 5.10. The van der Waals surface area contributed by atoms with Gasteiger partial charge in [0.25, 0.3) is 5.91 Å². The number of esters is 1. The van der Waals surface area contributed by atoms with E-state index in [0.717, 1.165) is 23.6 Å². The number of methoxy groups -OCH3 is 1. The number of rotatable bonds is 5. The number of hydrogen-bond acceptors (Lipinski definition) is 3. The summed E-state index contributed by atoms with van der Waals surface area (Å²) in [5.74, 6) is -0.105.